The summed E-state index contributed by atoms with van der Waals surface area (Å²) in [6.45, 7) is 1.72. The Hall–Kier alpha value is -3.19. The van der Waals surface area contributed by atoms with Gasteiger partial charge in [0.05, 0.1) is 22.7 Å². The van der Waals surface area contributed by atoms with Crippen LogP contribution in [0.1, 0.15) is 16.2 Å². The van der Waals surface area contributed by atoms with Gasteiger partial charge >= 0.3 is 5.97 Å². The zero-order valence-electron chi connectivity index (χ0n) is 14.0. The van der Waals surface area contributed by atoms with Crippen LogP contribution < -0.4 is 0 Å². The Kier molecular flexibility index (Phi) is 4.73. The Bertz CT molecular complexity index is 996. The molecule has 26 heavy (non-hydrogen) atoms. The van der Waals surface area contributed by atoms with Gasteiger partial charge in [0.1, 0.15) is 5.82 Å². The van der Waals surface area contributed by atoms with Gasteiger partial charge in [-0.05, 0) is 31.2 Å². The van der Waals surface area contributed by atoms with Crippen molar-refractivity contribution in [2.45, 2.75) is 6.92 Å². The van der Waals surface area contributed by atoms with E-state index in [0.717, 1.165) is 0 Å². The molecule has 0 aliphatic heterocycles. The number of benzene rings is 2. The quantitative estimate of drug-likeness (QED) is 0.389. The summed E-state index contributed by atoms with van der Waals surface area (Å²) in [6.07, 6.45) is 0. The first-order valence-electron chi connectivity index (χ1n) is 7.61. The Labute approximate surface area is 154 Å². The van der Waals surface area contributed by atoms with Crippen LogP contribution in [0.5, 0.6) is 0 Å². The normalized spacial score (nSPS) is 10.6. The largest absolute Gasteiger partial charge is 0.464 e. The number of esters is 1. The maximum atomic E-state index is 12.1. The highest BCUT2D eigenvalue weighted by atomic mass is 35.5. The summed E-state index contributed by atoms with van der Waals surface area (Å²) in [5, 5.41) is 11.4. The second-order valence-corrected chi connectivity index (χ2v) is 5.86. The third-order valence-corrected chi connectivity index (χ3v) is 4.25. The van der Waals surface area contributed by atoms with E-state index in [2.05, 4.69) is 4.98 Å². The van der Waals surface area contributed by atoms with Gasteiger partial charge in [0.15, 0.2) is 5.69 Å². The molecule has 0 bridgehead atoms. The summed E-state index contributed by atoms with van der Waals surface area (Å²) < 4.78 is 6.52. The third-order valence-electron chi connectivity index (χ3n) is 3.92. The molecule has 0 fully saturated rings. The molecule has 0 radical (unpaired) electrons. The SMILES string of the molecule is COC(=O)c1nc(-c2ccccc2Cl)n(-c2ccc([N+](=O)[O-])cc2)c1C. The fraction of sp³-hybridized carbons (Fsp3) is 0.111. The van der Waals surface area contributed by atoms with Gasteiger partial charge in [-0.15, -0.1) is 0 Å². The minimum absolute atomic E-state index is 0.0287. The van der Waals surface area contributed by atoms with Gasteiger partial charge in [-0.3, -0.25) is 14.7 Å². The lowest BCUT2D eigenvalue weighted by Crippen LogP contribution is -2.05. The summed E-state index contributed by atoms with van der Waals surface area (Å²) in [6, 6.07) is 13.1. The highest BCUT2D eigenvalue weighted by molar-refractivity contribution is 6.33. The number of carbonyl (C=O) groups is 1. The lowest BCUT2D eigenvalue weighted by atomic mass is 10.2. The summed E-state index contributed by atoms with van der Waals surface area (Å²) in [5.41, 5.74) is 1.91. The highest BCUT2D eigenvalue weighted by Crippen LogP contribution is 2.32. The second-order valence-electron chi connectivity index (χ2n) is 5.45. The number of nitro benzene ring substituents is 1. The first kappa shape index (κ1) is 17.6. The van der Waals surface area contributed by atoms with Crippen LogP contribution in [0, 0.1) is 17.0 Å². The lowest BCUT2D eigenvalue weighted by Gasteiger charge is -2.11. The molecule has 0 unspecified atom stereocenters. The number of aromatic nitrogens is 2. The van der Waals surface area contributed by atoms with Crippen molar-refractivity contribution in [3.63, 3.8) is 0 Å². The molecule has 0 aliphatic rings. The van der Waals surface area contributed by atoms with E-state index in [4.69, 9.17) is 16.3 Å². The second kappa shape index (κ2) is 6.97. The van der Waals surface area contributed by atoms with Crippen LogP contribution >= 0.6 is 11.6 Å². The topological polar surface area (TPSA) is 87.3 Å². The van der Waals surface area contributed by atoms with Crippen LogP contribution in [-0.2, 0) is 4.74 Å². The molecule has 132 valence electrons. The number of hydrogen-bond donors (Lipinski definition) is 0. The minimum atomic E-state index is -0.573. The maximum Gasteiger partial charge on any atom is 0.358 e. The number of nitro groups is 1. The number of carbonyl (C=O) groups excluding carboxylic acids is 1. The summed E-state index contributed by atoms with van der Waals surface area (Å²) >= 11 is 6.30. The van der Waals surface area contributed by atoms with Crippen LogP contribution in [-0.4, -0.2) is 27.6 Å². The molecule has 8 heteroatoms. The number of methoxy groups -OCH3 is 1. The van der Waals surface area contributed by atoms with Crippen LogP contribution in [0.2, 0.25) is 5.02 Å². The molecule has 2 aromatic carbocycles. The minimum Gasteiger partial charge on any atom is -0.464 e. The average molecular weight is 372 g/mol. The molecule has 0 spiro atoms. The van der Waals surface area contributed by atoms with E-state index in [1.54, 1.807) is 41.8 Å². The lowest BCUT2D eigenvalue weighted by molar-refractivity contribution is -0.384. The van der Waals surface area contributed by atoms with E-state index in [1.807, 2.05) is 6.07 Å². The van der Waals surface area contributed by atoms with Crippen molar-refractivity contribution in [3.8, 4) is 17.1 Å². The number of non-ortho nitro benzene ring substituents is 1. The van der Waals surface area contributed by atoms with Crippen molar-refractivity contribution in [3.05, 3.63) is 75.1 Å². The molecule has 0 aliphatic carbocycles. The average Bonchev–Trinajstić information content (AvgIpc) is 2.98. The van der Waals surface area contributed by atoms with Crippen LogP contribution in [0.25, 0.3) is 17.1 Å². The molecule has 3 aromatic rings. The number of hydrogen-bond acceptors (Lipinski definition) is 5. The predicted octanol–water partition coefficient (Wildman–Crippen LogP) is 4.20. The predicted molar refractivity (Wildman–Crippen MR) is 96.7 cm³/mol. The van der Waals surface area contributed by atoms with Gasteiger partial charge in [0.25, 0.3) is 5.69 Å². The van der Waals surface area contributed by atoms with E-state index in [1.165, 1.54) is 19.2 Å². The smallest absolute Gasteiger partial charge is 0.358 e. The molecule has 0 atom stereocenters. The molecule has 0 amide bonds. The number of rotatable bonds is 4. The molecule has 0 saturated carbocycles. The van der Waals surface area contributed by atoms with E-state index in [-0.39, 0.29) is 11.4 Å². The van der Waals surface area contributed by atoms with Gasteiger partial charge in [-0.1, -0.05) is 23.7 Å². The Morgan fingerprint density at radius 1 is 1.19 bits per heavy atom. The van der Waals surface area contributed by atoms with E-state index >= 15 is 0 Å². The standard InChI is InChI=1S/C18H14ClN3O4/c1-11-16(18(23)26-2)20-17(14-5-3-4-6-15(14)19)21(11)12-7-9-13(10-8-12)22(24)25/h3-10H,1-2H3. The van der Waals surface area contributed by atoms with Gasteiger partial charge in [0, 0.05) is 23.4 Å². The molecule has 0 saturated heterocycles. The van der Waals surface area contributed by atoms with Gasteiger partial charge in [-0.2, -0.15) is 0 Å². The van der Waals surface area contributed by atoms with Crippen LogP contribution in [0.4, 0.5) is 5.69 Å². The van der Waals surface area contributed by atoms with Crippen LogP contribution in [0.15, 0.2) is 48.5 Å². The molecular formula is C18H14ClN3O4. The van der Waals surface area contributed by atoms with Crippen molar-refractivity contribution < 1.29 is 14.5 Å². The molecule has 1 aromatic heterocycles. The van der Waals surface area contributed by atoms with Crippen molar-refractivity contribution in [1.29, 1.82) is 0 Å². The summed E-state index contributed by atoms with van der Waals surface area (Å²) in [5.74, 6) is -0.126. The van der Waals surface area contributed by atoms with Crippen LogP contribution in [0.3, 0.4) is 0 Å². The zero-order valence-corrected chi connectivity index (χ0v) is 14.7. The maximum absolute atomic E-state index is 12.1. The summed E-state index contributed by atoms with van der Waals surface area (Å²) in [7, 11) is 1.28. The monoisotopic (exact) mass is 371 g/mol. The van der Waals surface area contributed by atoms with Crippen molar-refractivity contribution in [2.24, 2.45) is 0 Å². The van der Waals surface area contributed by atoms with Crippen molar-refractivity contribution in [1.82, 2.24) is 9.55 Å². The van der Waals surface area contributed by atoms with Gasteiger partial charge < -0.3 is 4.74 Å². The molecular weight excluding hydrogens is 358 g/mol. The Morgan fingerprint density at radius 3 is 2.42 bits per heavy atom. The zero-order chi connectivity index (χ0) is 18.8. The van der Waals surface area contributed by atoms with Gasteiger partial charge in [-0.25, -0.2) is 9.78 Å². The first-order valence-corrected chi connectivity index (χ1v) is 7.99. The number of nitrogens with zero attached hydrogens (tertiary/aromatic N) is 3. The fourth-order valence-corrected chi connectivity index (χ4v) is 2.87. The molecule has 7 nitrogen and oxygen atoms in total. The molecule has 3 rings (SSSR count). The van der Waals surface area contributed by atoms with Gasteiger partial charge in [0.2, 0.25) is 0 Å². The van der Waals surface area contributed by atoms with Crippen molar-refractivity contribution in [2.75, 3.05) is 7.11 Å². The fourth-order valence-electron chi connectivity index (χ4n) is 2.65. The van der Waals surface area contributed by atoms with Crippen molar-refractivity contribution >= 4 is 23.3 Å². The number of ether oxygens (including phenoxy) is 1. The first-order chi connectivity index (χ1) is 12.4. The Balaban J connectivity index is 2.25. The Morgan fingerprint density at radius 2 is 1.85 bits per heavy atom. The number of imidazole rings is 1. The highest BCUT2D eigenvalue weighted by Gasteiger charge is 2.23. The van der Waals surface area contributed by atoms with E-state index < -0.39 is 10.9 Å². The third kappa shape index (κ3) is 3.04. The van der Waals surface area contributed by atoms with E-state index in [9.17, 15) is 14.9 Å². The number of halogens is 1. The summed E-state index contributed by atoms with van der Waals surface area (Å²) in [4.78, 5) is 26.9. The molecule has 1 heterocycles. The van der Waals surface area contributed by atoms with E-state index in [0.29, 0.717) is 27.8 Å². The molecule has 0 N–H and O–H groups in total.